The van der Waals surface area contributed by atoms with Crippen molar-refractivity contribution in [3.05, 3.63) is 35.4 Å². The van der Waals surface area contributed by atoms with Crippen LogP contribution >= 0.6 is 0 Å². The summed E-state index contributed by atoms with van der Waals surface area (Å²) < 4.78 is 0. The van der Waals surface area contributed by atoms with Crippen LogP contribution in [0.15, 0.2) is 24.3 Å². The average molecular weight is 270 g/mol. The van der Waals surface area contributed by atoms with Gasteiger partial charge in [-0.15, -0.1) is 0 Å². The van der Waals surface area contributed by atoms with Crippen molar-refractivity contribution in [3.63, 3.8) is 0 Å². The molecule has 104 valence electrons. The monoisotopic (exact) mass is 270 g/mol. The average Bonchev–Trinajstić information content (AvgIpc) is 3.02. The highest BCUT2D eigenvalue weighted by Gasteiger charge is 2.32. The molecule has 0 N–H and O–H groups in total. The van der Waals surface area contributed by atoms with Crippen LogP contribution in [-0.4, -0.2) is 29.7 Å². The van der Waals surface area contributed by atoms with Crippen LogP contribution in [0.1, 0.15) is 35.7 Å². The number of carbonyl (C=O) groups is 2. The number of hydrogen-bond donors (Lipinski definition) is 0. The Balaban J connectivity index is 2.15. The Hall–Kier alpha value is -2.15. The predicted octanol–water partition coefficient (Wildman–Crippen LogP) is 2.19. The highest BCUT2D eigenvalue weighted by molar-refractivity contribution is 6.12. The number of amides is 1. The first kappa shape index (κ1) is 14.3. The predicted molar refractivity (Wildman–Crippen MR) is 75.1 cm³/mol. The van der Waals surface area contributed by atoms with Crippen LogP contribution in [0, 0.1) is 17.2 Å². The number of ketones is 1. The zero-order valence-electron chi connectivity index (χ0n) is 11.6. The number of likely N-dealkylation sites (tertiary alicyclic amines) is 1. The minimum atomic E-state index is -1.21. The zero-order valence-corrected chi connectivity index (χ0v) is 11.6. The Morgan fingerprint density at radius 2 is 1.85 bits per heavy atom. The Labute approximate surface area is 119 Å². The highest BCUT2D eigenvalue weighted by Crippen LogP contribution is 2.16. The molecule has 1 aliphatic heterocycles. The van der Waals surface area contributed by atoms with E-state index in [-0.39, 0.29) is 5.91 Å². The first-order valence-corrected chi connectivity index (χ1v) is 6.99. The number of hydrogen-bond acceptors (Lipinski definition) is 3. The first-order chi connectivity index (χ1) is 9.67. The summed E-state index contributed by atoms with van der Waals surface area (Å²) in [7, 11) is 0. The van der Waals surface area contributed by atoms with E-state index in [1.165, 1.54) is 0 Å². The van der Waals surface area contributed by atoms with Gasteiger partial charge in [-0.05, 0) is 24.8 Å². The summed E-state index contributed by atoms with van der Waals surface area (Å²) in [6, 6.07) is 8.99. The number of rotatable bonds is 4. The van der Waals surface area contributed by atoms with E-state index in [2.05, 4.69) is 0 Å². The molecule has 0 unspecified atom stereocenters. The Bertz CT molecular complexity index is 537. The normalized spacial score (nSPS) is 15.7. The van der Waals surface area contributed by atoms with Crippen molar-refractivity contribution in [2.75, 3.05) is 13.1 Å². The van der Waals surface area contributed by atoms with Crippen LogP contribution in [0.25, 0.3) is 0 Å². The van der Waals surface area contributed by atoms with Crippen LogP contribution in [0.3, 0.4) is 0 Å². The molecular formula is C16H18N2O2. The molecule has 0 saturated carbocycles. The smallest absolute Gasteiger partial charge is 0.247 e. The third-order valence-electron chi connectivity index (χ3n) is 3.70. The maximum absolute atomic E-state index is 12.3. The van der Waals surface area contributed by atoms with Gasteiger partial charge < -0.3 is 4.90 Å². The molecule has 1 saturated heterocycles. The highest BCUT2D eigenvalue weighted by atomic mass is 16.2. The fourth-order valence-corrected chi connectivity index (χ4v) is 2.42. The van der Waals surface area contributed by atoms with E-state index in [9.17, 15) is 14.9 Å². The van der Waals surface area contributed by atoms with E-state index in [0.29, 0.717) is 18.7 Å². The number of carbonyl (C=O) groups excluding carboxylic acids is 2. The van der Waals surface area contributed by atoms with Gasteiger partial charge in [0.2, 0.25) is 5.91 Å². The molecule has 1 aromatic carbocycles. The first-order valence-electron chi connectivity index (χ1n) is 6.99. The van der Waals surface area contributed by atoms with E-state index >= 15 is 0 Å². The van der Waals surface area contributed by atoms with Crippen LogP contribution in [0.5, 0.6) is 0 Å². The summed E-state index contributed by atoms with van der Waals surface area (Å²) in [6.07, 6.45) is 2.79. The topological polar surface area (TPSA) is 61.2 Å². The van der Waals surface area contributed by atoms with Crippen molar-refractivity contribution >= 4 is 11.7 Å². The van der Waals surface area contributed by atoms with Gasteiger partial charge >= 0.3 is 0 Å². The quantitative estimate of drug-likeness (QED) is 0.622. The molecule has 0 radical (unpaired) electrons. The molecule has 4 nitrogen and oxygen atoms in total. The van der Waals surface area contributed by atoms with Crippen molar-refractivity contribution in [3.8, 4) is 6.07 Å². The SMILES string of the molecule is CCc1ccc(C(=O)[C@@H](C#N)C(=O)N2CCCC2)cc1. The second-order valence-electron chi connectivity index (χ2n) is 5.01. The minimum Gasteiger partial charge on any atom is -0.341 e. The molecule has 4 heteroatoms. The molecule has 1 heterocycles. The molecule has 0 spiro atoms. The second kappa shape index (κ2) is 6.33. The van der Waals surface area contributed by atoms with Crippen molar-refractivity contribution in [2.24, 2.45) is 5.92 Å². The summed E-state index contributed by atoms with van der Waals surface area (Å²) in [5, 5.41) is 9.17. The van der Waals surface area contributed by atoms with Gasteiger partial charge in [-0.25, -0.2) is 0 Å². The lowest BCUT2D eigenvalue weighted by Crippen LogP contribution is -2.37. The van der Waals surface area contributed by atoms with Crippen LogP contribution in [-0.2, 0) is 11.2 Å². The lowest BCUT2D eigenvalue weighted by Gasteiger charge is -2.18. The van der Waals surface area contributed by atoms with Crippen LogP contribution < -0.4 is 0 Å². The summed E-state index contributed by atoms with van der Waals surface area (Å²) in [5.41, 5.74) is 1.56. The van der Waals surface area contributed by atoms with Crippen LogP contribution in [0.4, 0.5) is 0 Å². The van der Waals surface area contributed by atoms with Gasteiger partial charge in [-0.3, -0.25) is 9.59 Å². The van der Waals surface area contributed by atoms with Gasteiger partial charge in [0.25, 0.3) is 0 Å². The van der Waals surface area contributed by atoms with Crippen LogP contribution in [0.2, 0.25) is 0 Å². The fourth-order valence-electron chi connectivity index (χ4n) is 2.42. The van der Waals surface area contributed by atoms with E-state index in [1.807, 2.05) is 25.1 Å². The number of benzene rings is 1. The van der Waals surface area contributed by atoms with Gasteiger partial charge in [0, 0.05) is 18.7 Å². The lowest BCUT2D eigenvalue weighted by atomic mass is 9.96. The number of nitrogens with zero attached hydrogens (tertiary/aromatic N) is 2. The maximum Gasteiger partial charge on any atom is 0.247 e. The van der Waals surface area contributed by atoms with Gasteiger partial charge in [-0.2, -0.15) is 5.26 Å². The van der Waals surface area contributed by atoms with Crippen molar-refractivity contribution in [2.45, 2.75) is 26.2 Å². The van der Waals surface area contributed by atoms with Gasteiger partial charge in [0.15, 0.2) is 11.7 Å². The minimum absolute atomic E-state index is 0.352. The lowest BCUT2D eigenvalue weighted by molar-refractivity contribution is -0.131. The van der Waals surface area contributed by atoms with Crippen molar-refractivity contribution < 1.29 is 9.59 Å². The largest absolute Gasteiger partial charge is 0.341 e. The Kier molecular flexibility index (Phi) is 4.52. The molecule has 1 aromatic rings. The molecule has 0 bridgehead atoms. The van der Waals surface area contributed by atoms with Gasteiger partial charge in [0.1, 0.15) is 0 Å². The van der Waals surface area contributed by atoms with E-state index < -0.39 is 11.7 Å². The fraction of sp³-hybridized carbons (Fsp3) is 0.438. The Morgan fingerprint density at radius 1 is 1.25 bits per heavy atom. The van der Waals surface area contributed by atoms with E-state index in [4.69, 9.17) is 0 Å². The molecule has 1 amide bonds. The molecule has 20 heavy (non-hydrogen) atoms. The Morgan fingerprint density at radius 3 is 2.35 bits per heavy atom. The summed E-state index contributed by atoms with van der Waals surface area (Å²) >= 11 is 0. The van der Waals surface area contributed by atoms with Gasteiger partial charge in [0.05, 0.1) is 6.07 Å². The second-order valence-corrected chi connectivity index (χ2v) is 5.01. The van der Waals surface area contributed by atoms with E-state index in [1.54, 1.807) is 17.0 Å². The number of aryl methyl sites for hydroxylation is 1. The molecular weight excluding hydrogens is 252 g/mol. The molecule has 1 aliphatic rings. The third-order valence-corrected chi connectivity index (χ3v) is 3.70. The molecule has 1 atom stereocenters. The molecule has 0 aromatic heterocycles. The molecule has 1 fully saturated rings. The molecule has 2 rings (SSSR count). The van der Waals surface area contributed by atoms with E-state index in [0.717, 1.165) is 24.8 Å². The van der Waals surface area contributed by atoms with Crippen molar-refractivity contribution in [1.82, 2.24) is 4.90 Å². The number of Topliss-reactive ketones (excluding diaryl/α,β-unsaturated/α-hetero) is 1. The maximum atomic E-state index is 12.3. The third kappa shape index (κ3) is 2.88. The standard InChI is InChI=1S/C16H18N2O2/c1-2-12-5-7-13(8-6-12)15(19)14(11-17)16(20)18-9-3-4-10-18/h5-8,14H,2-4,9-10H2,1H3/t14-/m1/s1. The summed E-state index contributed by atoms with van der Waals surface area (Å²) in [6.45, 7) is 3.34. The van der Waals surface area contributed by atoms with Crippen molar-refractivity contribution in [1.29, 1.82) is 5.26 Å². The summed E-state index contributed by atoms with van der Waals surface area (Å²) in [4.78, 5) is 26.1. The zero-order chi connectivity index (χ0) is 14.5. The van der Waals surface area contributed by atoms with Gasteiger partial charge in [-0.1, -0.05) is 31.2 Å². The molecule has 0 aliphatic carbocycles. The summed E-state index contributed by atoms with van der Waals surface area (Å²) in [5.74, 6) is -1.96. The number of nitriles is 1.